The maximum absolute atomic E-state index is 2.35. The Labute approximate surface area is 144 Å². The minimum absolute atomic E-state index is 1.03. The minimum Gasteiger partial charge on any atom is -0.140 e. The molecular weight excluding hydrogens is 387 g/mol. The Kier molecular flexibility index (Phi) is 4.45. The Morgan fingerprint density at radius 2 is 1.67 bits per heavy atom. The van der Waals surface area contributed by atoms with E-state index in [1.807, 2.05) is 11.3 Å². The van der Waals surface area contributed by atoms with Gasteiger partial charge in [0.15, 0.2) is 0 Å². The zero-order valence-electron chi connectivity index (χ0n) is 12.2. The van der Waals surface area contributed by atoms with Crippen LogP contribution in [0.5, 0.6) is 0 Å². The summed E-state index contributed by atoms with van der Waals surface area (Å²) in [4.78, 5) is 2.78. The van der Waals surface area contributed by atoms with Crippen LogP contribution >= 0.6 is 33.9 Å². The van der Waals surface area contributed by atoms with Crippen LogP contribution in [0.15, 0.2) is 54.6 Å². The maximum atomic E-state index is 2.35. The van der Waals surface area contributed by atoms with E-state index in [0.29, 0.717) is 0 Å². The van der Waals surface area contributed by atoms with E-state index in [-0.39, 0.29) is 0 Å². The third-order valence-corrected chi connectivity index (χ3v) is 5.51. The summed E-state index contributed by atoms with van der Waals surface area (Å²) in [5.74, 6) is 0. The van der Waals surface area contributed by atoms with E-state index in [9.17, 15) is 0 Å². The molecule has 0 spiro atoms. The lowest BCUT2D eigenvalue weighted by atomic mass is 10.0. The molecule has 0 radical (unpaired) electrons. The molecule has 0 aliphatic rings. The van der Waals surface area contributed by atoms with Crippen LogP contribution < -0.4 is 0 Å². The van der Waals surface area contributed by atoms with Crippen molar-refractivity contribution in [2.24, 2.45) is 0 Å². The molecule has 2 aromatic carbocycles. The van der Waals surface area contributed by atoms with E-state index in [2.05, 4.69) is 91.0 Å². The number of rotatable bonds is 3. The number of halogens is 1. The number of aryl methyl sites for hydroxylation is 2. The third-order valence-electron chi connectivity index (χ3n) is 3.66. The minimum atomic E-state index is 1.03. The lowest BCUT2D eigenvalue weighted by Gasteiger charge is -2.05. The molecule has 0 unspecified atom stereocenters. The Morgan fingerprint density at radius 3 is 2.43 bits per heavy atom. The smallest absolute Gasteiger partial charge is 0.0345 e. The number of hydrogen-bond donors (Lipinski definition) is 0. The SMILES string of the molecule is Cc1ccc(C)c(Cc2ccc(-c3ccc(I)cc3)s2)c1. The van der Waals surface area contributed by atoms with Crippen molar-refractivity contribution in [3.63, 3.8) is 0 Å². The van der Waals surface area contributed by atoms with Gasteiger partial charge in [0.25, 0.3) is 0 Å². The van der Waals surface area contributed by atoms with Gasteiger partial charge in [0.2, 0.25) is 0 Å². The number of benzene rings is 2. The van der Waals surface area contributed by atoms with Gasteiger partial charge in [-0.1, -0.05) is 35.9 Å². The fraction of sp³-hybridized carbons (Fsp3) is 0.158. The van der Waals surface area contributed by atoms with Crippen LogP contribution in [0, 0.1) is 17.4 Å². The summed E-state index contributed by atoms with van der Waals surface area (Å²) >= 11 is 4.24. The van der Waals surface area contributed by atoms with Gasteiger partial charge < -0.3 is 0 Å². The predicted molar refractivity (Wildman–Crippen MR) is 101 cm³/mol. The Balaban J connectivity index is 1.85. The summed E-state index contributed by atoms with van der Waals surface area (Å²) in [5, 5.41) is 0. The van der Waals surface area contributed by atoms with Crippen molar-refractivity contribution in [3.8, 4) is 10.4 Å². The molecule has 0 aliphatic heterocycles. The van der Waals surface area contributed by atoms with Crippen molar-refractivity contribution < 1.29 is 0 Å². The summed E-state index contributed by atoms with van der Waals surface area (Å²) in [6.45, 7) is 4.36. The van der Waals surface area contributed by atoms with Gasteiger partial charge in [-0.15, -0.1) is 11.3 Å². The van der Waals surface area contributed by atoms with Gasteiger partial charge in [0.1, 0.15) is 0 Å². The van der Waals surface area contributed by atoms with Crippen LogP contribution in [-0.2, 0) is 6.42 Å². The van der Waals surface area contributed by atoms with Crippen molar-refractivity contribution in [1.82, 2.24) is 0 Å². The molecule has 3 aromatic rings. The molecule has 3 rings (SSSR count). The highest BCUT2D eigenvalue weighted by molar-refractivity contribution is 14.1. The van der Waals surface area contributed by atoms with Crippen LogP contribution in [0.4, 0.5) is 0 Å². The van der Waals surface area contributed by atoms with E-state index >= 15 is 0 Å². The van der Waals surface area contributed by atoms with Gasteiger partial charge >= 0.3 is 0 Å². The van der Waals surface area contributed by atoms with Gasteiger partial charge in [-0.25, -0.2) is 0 Å². The van der Waals surface area contributed by atoms with E-state index in [1.54, 1.807) is 0 Å². The highest BCUT2D eigenvalue weighted by Crippen LogP contribution is 2.30. The molecule has 21 heavy (non-hydrogen) atoms. The average molecular weight is 404 g/mol. The molecule has 0 atom stereocenters. The van der Waals surface area contributed by atoms with Crippen molar-refractivity contribution >= 4 is 33.9 Å². The first kappa shape index (κ1) is 14.8. The van der Waals surface area contributed by atoms with Crippen molar-refractivity contribution in [2.45, 2.75) is 20.3 Å². The van der Waals surface area contributed by atoms with Crippen LogP contribution in [0.1, 0.15) is 21.6 Å². The van der Waals surface area contributed by atoms with Crippen molar-refractivity contribution in [2.75, 3.05) is 0 Å². The van der Waals surface area contributed by atoms with Gasteiger partial charge in [0, 0.05) is 19.7 Å². The molecule has 0 N–H and O–H groups in total. The average Bonchev–Trinajstić information content (AvgIpc) is 2.92. The zero-order chi connectivity index (χ0) is 14.8. The van der Waals surface area contributed by atoms with E-state index in [0.717, 1.165) is 6.42 Å². The second-order valence-corrected chi connectivity index (χ2v) is 7.79. The summed E-state index contributed by atoms with van der Waals surface area (Å²) in [6.07, 6.45) is 1.03. The van der Waals surface area contributed by atoms with Gasteiger partial charge in [0.05, 0.1) is 0 Å². The standard InChI is InChI=1S/C19H17IS/c1-13-3-4-14(2)16(11-13)12-18-9-10-19(21-18)15-5-7-17(20)8-6-15/h3-11H,12H2,1-2H3. The number of hydrogen-bond acceptors (Lipinski definition) is 1. The first-order valence-corrected chi connectivity index (χ1v) is 8.92. The fourth-order valence-corrected chi connectivity index (χ4v) is 3.82. The van der Waals surface area contributed by atoms with Crippen molar-refractivity contribution in [3.05, 3.63) is 79.7 Å². The number of thiophene rings is 1. The van der Waals surface area contributed by atoms with Gasteiger partial charge in [-0.3, -0.25) is 0 Å². The van der Waals surface area contributed by atoms with E-state index < -0.39 is 0 Å². The highest BCUT2D eigenvalue weighted by Gasteiger charge is 2.06. The predicted octanol–water partition coefficient (Wildman–Crippen LogP) is 6.23. The molecule has 0 saturated heterocycles. The molecular formula is C19H17IS. The molecule has 0 amide bonds. The quantitative estimate of drug-likeness (QED) is 0.454. The van der Waals surface area contributed by atoms with Crippen molar-refractivity contribution in [1.29, 1.82) is 0 Å². The lowest BCUT2D eigenvalue weighted by Crippen LogP contribution is -1.90. The van der Waals surface area contributed by atoms with Crippen LogP contribution in [-0.4, -0.2) is 0 Å². The molecule has 0 fully saturated rings. The fourth-order valence-electron chi connectivity index (χ4n) is 2.42. The zero-order valence-corrected chi connectivity index (χ0v) is 15.2. The molecule has 0 nitrogen and oxygen atoms in total. The molecule has 2 heteroatoms. The van der Waals surface area contributed by atoms with E-state index in [1.165, 1.54) is 35.6 Å². The first-order chi connectivity index (χ1) is 10.1. The van der Waals surface area contributed by atoms with Gasteiger partial charge in [-0.2, -0.15) is 0 Å². The topological polar surface area (TPSA) is 0 Å². The summed E-state index contributed by atoms with van der Waals surface area (Å²) in [7, 11) is 0. The normalized spacial score (nSPS) is 10.8. The largest absolute Gasteiger partial charge is 0.140 e. The molecule has 0 saturated carbocycles. The van der Waals surface area contributed by atoms with Crippen LogP contribution in [0.2, 0.25) is 0 Å². The first-order valence-electron chi connectivity index (χ1n) is 7.02. The monoisotopic (exact) mass is 404 g/mol. The summed E-state index contributed by atoms with van der Waals surface area (Å²) < 4.78 is 1.28. The molecule has 0 bridgehead atoms. The molecule has 0 aliphatic carbocycles. The lowest BCUT2D eigenvalue weighted by molar-refractivity contribution is 1.18. The van der Waals surface area contributed by atoms with Crippen LogP contribution in [0.25, 0.3) is 10.4 Å². The molecule has 106 valence electrons. The Morgan fingerprint density at radius 1 is 0.905 bits per heavy atom. The second kappa shape index (κ2) is 6.32. The Bertz CT molecular complexity index is 753. The summed E-state index contributed by atoms with van der Waals surface area (Å²) in [6, 6.07) is 20.0. The third kappa shape index (κ3) is 3.55. The van der Waals surface area contributed by atoms with E-state index in [4.69, 9.17) is 0 Å². The highest BCUT2D eigenvalue weighted by atomic mass is 127. The van der Waals surface area contributed by atoms with Crippen LogP contribution in [0.3, 0.4) is 0 Å². The summed E-state index contributed by atoms with van der Waals surface area (Å²) in [5.41, 5.74) is 5.47. The Hall–Kier alpha value is -1.13. The second-order valence-electron chi connectivity index (χ2n) is 5.38. The van der Waals surface area contributed by atoms with Gasteiger partial charge in [-0.05, 0) is 77.4 Å². The molecule has 1 heterocycles. The molecule has 1 aromatic heterocycles. The maximum Gasteiger partial charge on any atom is 0.0345 e.